The predicted molar refractivity (Wildman–Crippen MR) is 125 cm³/mol. The number of benzene rings is 3. The van der Waals surface area contributed by atoms with Crippen molar-refractivity contribution in [1.82, 2.24) is 9.97 Å². The van der Waals surface area contributed by atoms with E-state index in [4.69, 9.17) is 0 Å². The number of aryl methyl sites for hydroxylation is 1. The van der Waals surface area contributed by atoms with Gasteiger partial charge in [0.05, 0.1) is 6.42 Å². The van der Waals surface area contributed by atoms with E-state index in [9.17, 15) is 4.79 Å². The minimum Gasteiger partial charge on any atom is -0.340 e. The van der Waals surface area contributed by atoms with Crippen LogP contribution in [0, 0.1) is 6.92 Å². The van der Waals surface area contributed by atoms with Gasteiger partial charge in [0.15, 0.2) is 0 Å². The summed E-state index contributed by atoms with van der Waals surface area (Å²) in [5.74, 6) is 1.16. The van der Waals surface area contributed by atoms with Crippen molar-refractivity contribution in [2.24, 2.45) is 0 Å². The van der Waals surface area contributed by atoms with Gasteiger partial charge in [0.25, 0.3) is 0 Å². The number of hydrogen-bond donors (Lipinski definition) is 3. The van der Waals surface area contributed by atoms with Crippen molar-refractivity contribution in [3.8, 4) is 0 Å². The lowest BCUT2D eigenvalue weighted by Gasteiger charge is -2.11. The van der Waals surface area contributed by atoms with Gasteiger partial charge in [0.1, 0.15) is 5.82 Å². The number of anilines is 5. The summed E-state index contributed by atoms with van der Waals surface area (Å²) >= 11 is 0. The topological polar surface area (TPSA) is 78.9 Å². The Bertz CT molecular complexity index is 1150. The molecular formula is C25H23N5O. The minimum atomic E-state index is -0.0504. The van der Waals surface area contributed by atoms with Crippen molar-refractivity contribution in [1.29, 1.82) is 0 Å². The number of carbonyl (C=O) groups is 1. The average Bonchev–Trinajstić information content (AvgIpc) is 2.76. The van der Waals surface area contributed by atoms with E-state index >= 15 is 0 Å². The molecule has 0 unspecified atom stereocenters. The Kier molecular flexibility index (Phi) is 6.18. The Balaban J connectivity index is 1.39. The number of rotatable bonds is 7. The van der Waals surface area contributed by atoms with Crippen molar-refractivity contribution in [2.75, 3.05) is 16.0 Å². The number of carbonyl (C=O) groups excluding carboxylic acids is 1. The van der Waals surface area contributed by atoms with Gasteiger partial charge in [-0.2, -0.15) is 4.98 Å². The standard InChI is InChI=1S/C25H23N5O/c1-18-16-23(27-20-10-6-3-7-11-20)30-25(26-18)29-22-14-12-21(13-15-22)28-24(31)17-19-8-4-2-5-9-19/h2-16H,17H2,1H3,(H,28,31)(H2,26,27,29,30). The van der Waals surface area contributed by atoms with Gasteiger partial charge in [-0.1, -0.05) is 48.5 Å². The van der Waals surface area contributed by atoms with Crippen LogP contribution in [0.4, 0.5) is 28.8 Å². The molecule has 0 aliphatic rings. The van der Waals surface area contributed by atoms with Gasteiger partial charge in [-0.3, -0.25) is 4.79 Å². The lowest BCUT2D eigenvalue weighted by atomic mass is 10.1. The third kappa shape index (κ3) is 5.90. The van der Waals surface area contributed by atoms with Crippen molar-refractivity contribution in [3.63, 3.8) is 0 Å². The molecule has 1 aromatic heterocycles. The van der Waals surface area contributed by atoms with Crippen molar-refractivity contribution < 1.29 is 4.79 Å². The fraction of sp³-hybridized carbons (Fsp3) is 0.0800. The van der Waals surface area contributed by atoms with Crippen molar-refractivity contribution in [2.45, 2.75) is 13.3 Å². The predicted octanol–water partition coefficient (Wildman–Crippen LogP) is 5.45. The van der Waals surface area contributed by atoms with Crippen LogP contribution in [0.15, 0.2) is 91.0 Å². The van der Waals surface area contributed by atoms with Gasteiger partial charge < -0.3 is 16.0 Å². The normalized spacial score (nSPS) is 10.4. The van der Waals surface area contributed by atoms with Crippen molar-refractivity contribution in [3.05, 3.63) is 102 Å². The maximum Gasteiger partial charge on any atom is 0.229 e. The van der Waals surface area contributed by atoms with E-state index < -0.39 is 0 Å². The lowest BCUT2D eigenvalue weighted by molar-refractivity contribution is -0.115. The second-order valence-corrected chi connectivity index (χ2v) is 7.12. The molecule has 0 fully saturated rings. The summed E-state index contributed by atoms with van der Waals surface area (Å²) in [6, 6.07) is 28.9. The molecular weight excluding hydrogens is 386 g/mol. The van der Waals surface area contributed by atoms with E-state index in [1.165, 1.54) is 0 Å². The van der Waals surface area contributed by atoms with Gasteiger partial charge in [-0.15, -0.1) is 0 Å². The maximum atomic E-state index is 12.2. The van der Waals surface area contributed by atoms with Gasteiger partial charge >= 0.3 is 0 Å². The fourth-order valence-electron chi connectivity index (χ4n) is 3.11. The van der Waals surface area contributed by atoms with E-state index in [0.29, 0.717) is 18.2 Å². The van der Waals surface area contributed by atoms with Crippen LogP contribution in [0.5, 0.6) is 0 Å². The highest BCUT2D eigenvalue weighted by Crippen LogP contribution is 2.20. The Morgan fingerprint density at radius 1 is 0.742 bits per heavy atom. The first-order valence-electron chi connectivity index (χ1n) is 10.0. The molecule has 0 aliphatic carbocycles. The molecule has 0 aliphatic heterocycles. The Hall–Kier alpha value is -4.19. The number of aromatic nitrogens is 2. The molecule has 0 spiro atoms. The lowest BCUT2D eigenvalue weighted by Crippen LogP contribution is -2.14. The molecule has 1 heterocycles. The van der Waals surface area contributed by atoms with Crippen LogP contribution in [-0.4, -0.2) is 15.9 Å². The van der Waals surface area contributed by atoms with Crippen LogP contribution in [0.3, 0.4) is 0 Å². The zero-order valence-electron chi connectivity index (χ0n) is 17.2. The zero-order chi connectivity index (χ0) is 21.5. The second kappa shape index (κ2) is 9.54. The van der Waals surface area contributed by atoms with Crippen LogP contribution in [0.25, 0.3) is 0 Å². The molecule has 31 heavy (non-hydrogen) atoms. The molecule has 4 aromatic rings. The molecule has 0 atom stereocenters. The smallest absolute Gasteiger partial charge is 0.229 e. The summed E-state index contributed by atoms with van der Waals surface area (Å²) in [7, 11) is 0. The van der Waals surface area contributed by atoms with Crippen LogP contribution in [-0.2, 0) is 11.2 Å². The number of nitrogens with zero attached hydrogens (tertiary/aromatic N) is 2. The number of hydrogen-bond acceptors (Lipinski definition) is 5. The van der Waals surface area contributed by atoms with Crippen LogP contribution in [0.2, 0.25) is 0 Å². The van der Waals surface area contributed by atoms with Gasteiger partial charge in [-0.25, -0.2) is 4.98 Å². The van der Waals surface area contributed by atoms with Crippen LogP contribution in [0.1, 0.15) is 11.3 Å². The molecule has 1 amide bonds. The van der Waals surface area contributed by atoms with Gasteiger partial charge in [0.2, 0.25) is 11.9 Å². The fourth-order valence-corrected chi connectivity index (χ4v) is 3.11. The quantitative estimate of drug-likeness (QED) is 0.378. The highest BCUT2D eigenvalue weighted by molar-refractivity contribution is 5.92. The molecule has 3 N–H and O–H groups in total. The molecule has 154 valence electrons. The summed E-state index contributed by atoms with van der Waals surface area (Å²) in [4.78, 5) is 21.2. The third-order valence-electron chi connectivity index (χ3n) is 4.53. The molecule has 0 bridgehead atoms. The molecule has 0 radical (unpaired) electrons. The molecule has 4 rings (SSSR count). The molecule has 6 nitrogen and oxygen atoms in total. The van der Waals surface area contributed by atoms with Crippen LogP contribution >= 0.6 is 0 Å². The number of nitrogens with one attached hydrogen (secondary N) is 3. The first-order valence-corrected chi connectivity index (χ1v) is 10.0. The largest absolute Gasteiger partial charge is 0.340 e. The summed E-state index contributed by atoms with van der Waals surface area (Å²) in [5, 5.41) is 9.42. The second-order valence-electron chi connectivity index (χ2n) is 7.12. The minimum absolute atomic E-state index is 0.0504. The SMILES string of the molecule is Cc1cc(Nc2ccccc2)nc(Nc2ccc(NC(=O)Cc3ccccc3)cc2)n1. The van der Waals surface area contributed by atoms with E-state index in [0.717, 1.165) is 28.3 Å². The molecule has 0 saturated carbocycles. The van der Waals surface area contributed by atoms with E-state index in [2.05, 4.69) is 25.9 Å². The van der Waals surface area contributed by atoms with Gasteiger partial charge in [0, 0.05) is 28.8 Å². The van der Waals surface area contributed by atoms with E-state index in [1.54, 1.807) is 0 Å². The third-order valence-corrected chi connectivity index (χ3v) is 4.53. The highest BCUT2D eigenvalue weighted by Gasteiger charge is 2.06. The van der Waals surface area contributed by atoms with Crippen molar-refractivity contribution >= 4 is 34.7 Å². The molecule has 3 aromatic carbocycles. The summed E-state index contributed by atoms with van der Waals surface area (Å²) in [6.45, 7) is 1.92. The van der Waals surface area contributed by atoms with Gasteiger partial charge in [-0.05, 0) is 48.9 Å². The highest BCUT2D eigenvalue weighted by atomic mass is 16.1. The summed E-state index contributed by atoms with van der Waals surface area (Å²) in [6.07, 6.45) is 0.342. The summed E-state index contributed by atoms with van der Waals surface area (Å²) in [5.41, 5.74) is 4.36. The molecule has 0 saturated heterocycles. The Labute approximate surface area is 181 Å². The average molecular weight is 409 g/mol. The van der Waals surface area contributed by atoms with Crippen LogP contribution < -0.4 is 16.0 Å². The first kappa shape index (κ1) is 20.1. The number of amides is 1. The number of para-hydroxylation sites is 1. The summed E-state index contributed by atoms with van der Waals surface area (Å²) < 4.78 is 0. The Morgan fingerprint density at radius 2 is 1.35 bits per heavy atom. The monoisotopic (exact) mass is 409 g/mol. The Morgan fingerprint density at radius 3 is 2.06 bits per heavy atom. The van der Waals surface area contributed by atoms with E-state index in [1.807, 2.05) is 97.9 Å². The maximum absolute atomic E-state index is 12.2. The zero-order valence-corrected chi connectivity index (χ0v) is 17.2. The first-order chi connectivity index (χ1) is 15.1. The molecule has 6 heteroatoms. The van der Waals surface area contributed by atoms with E-state index in [-0.39, 0.29) is 5.91 Å².